The number of rotatable bonds is 5. The second-order valence-electron chi connectivity index (χ2n) is 5.57. The first-order chi connectivity index (χ1) is 12.0. The highest BCUT2D eigenvalue weighted by Gasteiger charge is 2.12. The second-order valence-corrected chi connectivity index (χ2v) is 5.57. The van der Waals surface area contributed by atoms with E-state index in [0.29, 0.717) is 11.1 Å². The Balaban J connectivity index is 1.67. The van der Waals surface area contributed by atoms with Gasteiger partial charge in [-0.25, -0.2) is 9.67 Å². The van der Waals surface area contributed by atoms with Gasteiger partial charge in [0.15, 0.2) is 0 Å². The molecule has 3 rings (SSSR count). The molecule has 3 N–H and O–H groups in total. The number of primary amides is 1. The van der Waals surface area contributed by atoms with Crippen molar-refractivity contribution in [1.82, 2.24) is 20.1 Å². The van der Waals surface area contributed by atoms with Crippen LogP contribution in [0.25, 0.3) is 5.69 Å². The molecule has 3 aromatic rings. The van der Waals surface area contributed by atoms with Gasteiger partial charge in [-0.1, -0.05) is 12.1 Å². The van der Waals surface area contributed by atoms with E-state index in [2.05, 4.69) is 15.4 Å². The van der Waals surface area contributed by atoms with Crippen LogP contribution in [0.3, 0.4) is 0 Å². The van der Waals surface area contributed by atoms with Gasteiger partial charge in [0, 0.05) is 11.1 Å². The minimum absolute atomic E-state index is 0.173. The summed E-state index contributed by atoms with van der Waals surface area (Å²) in [5.74, 6) is -0.739. The maximum atomic E-state index is 12.3. The number of aromatic nitrogens is 3. The predicted octanol–water partition coefficient (Wildman–Crippen LogP) is 1.86. The van der Waals surface area contributed by atoms with Crippen LogP contribution in [-0.4, -0.2) is 26.6 Å². The van der Waals surface area contributed by atoms with Crippen LogP contribution in [0.15, 0.2) is 61.2 Å². The number of nitrogens with two attached hydrogens (primary N) is 1. The van der Waals surface area contributed by atoms with Gasteiger partial charge in [0.2, 0.25) is 5.91 Å². The molecule has 1 heterocycles. The van der Waals surface area contributed by atoms with E-state index in [0.717, 1.165) is 11.3 Å². The smallest absolute Gasteiger partial charge is 0.251 e. The Morgan fingerprint density at radius 3 is 2.24 bits per heavy atom. The zero-order valence-electron chi connectivity index (χ0n) is 13.6. The maximum Gasteiger partial charge on any atom is 0.251 e. The quantitative estimate of drug-likeness (QED) is 0.742. The molecule has 0 aliphatic heterocycles. The largest absolute Gasteiger partial charge is 0.366 e. The molecule has 0 saturated heterocycles. The van der Waals surface area contributed by atoms with E-state index in [1.807, 2.05) is 31.2 Å². The highest BCUT2D eigenvalue weighted by Crippen LogP contribution is 2.16. The average molecular weight is 335 g/mol. The molecular weight excluding hydrogens is 318 g/mol. The maximum absolute atomic E-state index is 12.3. The molecule has 1 unspecified atom stereocenters. The lowest BCUT2D eigenvalue weighted by atomic mass is 10.1. The molecular formula is C18H17N5O2. The van der Waals surface area contributed by atoms with Crippen LogP contribution in [0, 0.1) is 0 Å². The first-order valence-corrected chi connectivity index (χ1v) is 7.70. The topological polar surface area (TPSA) is 103 Å². The Bertz CT molecular complexity index is 871. The van der Waals surface area contributed by atoms with Crippen LogP contribution >= 0.6 is 0 Å². The van der Waals surface area contributed by atoms with E-state index in [4.69, 9.17) is 5.73 Å². The molecule has 25 heavy (non-hydrogen) atoms. The minimum Gasteiger partial charge on any atom is -0.366 e. The summed E-state index contributed by atoms with van der Waals surface area (Å²) in [4.78, 5) is 27.3. The molecule has 7 heteroatoms. The standard InChI is InChI=1S/C18H17N5O2/c1-12(13-6-8-16(9-7-13)23-11-20-10-21-23)22-18(25)15-4-2-14(3-5-15)17(19)24/h2-12H,1H3,(H2,19,24)(H,22,25). The number of carbonyl (C=O) groups is 2. The summed E-state index contributed by atoms with van der Waals surface area (Å²) in [6, 6.07) is 13.7. The fourth-order valence-corrected chi connectivity index (χ4v) is 2.41. The summed E-state index contributed by atoms with van der Waals surface area (Å²) < 4.78 is 1.66. The Hall–Kier alpha value is -3.48. The van der Waals surface area contributed by atoms with Crippen LogP contribution < -0.4 is 11.1 Å². The molecule has 126 valence electrons. The Morgan fingerprint density at radius 2 is 1.68 bits per heavy atom. The summed E-state index contributed by atoms with van der Waals surface area (Å²) >= 11 is 0. The van der Waals surface area contributed by atoms with Crippen molar-refractivity contribution in [3.8, 4) is 5.69 Å². The lowest BCUT2D eigenvalue weighted by molar-refractivity contribution is 0.0937. The summed E-state index contributed by atoms with van der Waals surface area (Å²) in [7, 11) is 0. The third-order valence-electron chi connectivity index (χ3n) is 3.86. The van der Waals surface area contributed by atoms with Crippen molar-refractivity contribution in [2.75, 3.05) is 0 Å². The summed E-state index contributed by atoms with van der Waals surface area (Å²) in [5, 5.41) is 7.00. The Morgan fingerprint density at radius 1 is 1.04 bits per heavy atom. The third kappa shape index (κ3) is 3.72. The molecule has 2 amide bonds. The van der Waals surface area contributed by atoms with Crippen LogP contribution in [0.1, 0.15) is 39.2 Å². The molecule has 0 aliphatic rings. The molecule has 0 saturated carbocycles. The van der Waals surface area contributed by atoms with Crippen molar-refractivity contribution >= 4 is 11.8 Å². The van der Waals surface area contributed by atoms with Crippen LogP contribution in [0.4, 0.5) is 0 Å². The highest BCUT2D eigenvalue weighted by molar-refractivity contribution is 5.97. The third-order valence-corrected chi connectivity index (χ3v) is 3.86. The molecule has 7 nitrogen and oxygen atoms in total. The minimum atomic E-state index is -0.521. The summed E-state index contributed by atoms with van der Waals surface area (Å²) in [6.07, 6.45) is 3.09. The molecule has 0 fully saturated rings. The Labute approximate surface area is 144 Å². The zero-order chi connectivity index (χ0) is 17.8. The van der Waals surface area contributed by atoms with Crippen LogP contribution in [0.5, 0.6) is 0 Å². The number of amides is 2. The van der Waals surface area contributed by atoms with Crippen LogP contribution in [-0.2, 0) is 0 Å². The van der Waals surface area contributed by atoms with E-state index in [9.17, 15) is 9.59 Å². The van der Waals surface area contributed by atoms with Crippen molar-refractivity contribution in [2.45, 2.75) is 13.0 Å². The monoisotopic (exact) mass is 335 g/mol. The molecule has 1 atom stereocenters. The number of nitrogens with one attached hydrogen (secondary N) is 1. The first-order valence-electron chi connectivity index (χ1n) is 7.70. The van der Waals surface area contributed by atoms with Gasteiger partial charge < -0.3 is 11.1 Å². The van der Waals surface area contributed by atoms with Gasteiger partial charge in [0.1, 0.15) is 12.7 Å². The molecule has 2 aromatic carbocycles. The number of nitrogens with zero attached hydrogens (tertiary/aromatic N) is 3. The van der Waals surface area contributed by atoms with Gasteiger partial charge in [-0.15, -0.1) is 0 Å². The SMILES string of the molecule is CC(NC(=O)c1ccc(C(N)=O)cc1)c1ccc(-n2cncn2)cc1. The molecule has 0 spiro atoms. The van der Waals surface area contributed by atoms with E-state index >= 15 is 0 Å². The fourth-order valence-electron chi connectivity index (χ4n) is 2.41. The van der Waals surface area contributed by atoms with E-state index in [-0.39, 0.29) is 11.9 Å². The molecule has 1 aromatic heterocycles. The Kier molecular flexibility index (Phi) is 4.56. The van der Waals surface area contributed by atoms with Crippen molar-refractivity contribution in [1.29, 1.82) is 0 Å². The van der Waals surface area contributed by atoms with Gasteiger partial charge >= 0.3 is 0 Å². The van der Waals surface area contributed by atoms with Gasteiger partial charge in [-0.2, -0.15) is 5.10 Å². The van der Waals surface area contributed by atoms with Gasteiger partial charge in [0.05, 0.1) is 11.7 Å². The van der Waals surface area contributed by atoms with Crippen LogP contribution in [0.2, 0.25) is 0 Å². The van der Waals surface area contributed by atoms with E-state index < -0.39 is 5.91 Å². The summed E-state index contributed by atoms with van der Waals surface area (Å²) in [5.41, 5.74) is 7.89. The number of hydrogen-bond donors (Lipinski definition) is 2. The summed E-state index contributed by atoms with van der Waals surface area (Å²) in [6.45, 7) is 1.90. The number of hydrogen-bond acceptors (Lipinski definition) is 4. The predicted molar refractivity (Wildman–Crippen MR) is 92.2 cm³/mol. The second kappa shape index (κ2) is 6.96. The number of carbonyl (C=O) groups excluding carboxylic acids is 2. The van der Waals surface area contributed by atoms with Gasteiger partial charge in [-0.3, -0.25) is 9.59 Å². The lowest BCUT2D eigenvalue weighted by Gasteiger charge is -2.15. The van der Waals surface area contributed by atoms with Crippen molar-refractivity contribution in [3.63, 3.8) is 0 Å². The van der Waals surface area contributed by atoms with Gasteiger partial charge in [0.25, 0.3) is 5.91 Å². The fraction of sp³-hybridized carbons (Fsp3) is 0.111. The lowest BCUT2D eigenvalue weighted by Crippen LogP contribution is -2.26. The first kappa shape index (κ1) is 16.4. The molecule has 0 aliphatic carbocycles. The van der Waals surface area contributed by atoms with E-state index in [1.54, 1.807) is 23.1 Å². The van der Waals surface area contributed by atoms with Gasteiger partial charge in [-0.05, 0) is 48.9 Å². The molecule has 0 bridgehead atoms. The average Bonchev–Trinajstić information content (AvgIpc) is 3.16. The normalized spacial score (nSPS) is 11.7. The molecule has 0 radical (unpaired) electrons. The van der Waals surface area contributed by atoms with E-state index in [1.165, 1.54) is 18.5 Å². The van der Waals surface area contributed by atoms with Crippen molar-refractivity contribution in [3.05, 3.63) is 77.9 Å². The van der Waals surface area contributed by atoms with Crippen molar-refractivity contribution < 1.29 is 9.59 Å². The highest BCUT2D eigenvalue weighted by atomic mass is 16.2. The zero-order valence-corrected chi connectivity index (χ0v) is 13.6. The number of benzene rings is 2. The van der Waals surface area contributed by atoms with Crippen molar-refractivity contribution in [2.24, 2.45) is 5.73 Å².